The van der Waals surface area contributed by atoms with Crippen LogP contribution >= 0.6 is 11.3 Å². The van der Waals surface area contributed by atoms with Gasteiger partial charge in [-0.3, -0.25) is 20.3 Å². The molecule has 0 radical (unpaired) electrons. The second-order valence-corrected chi connectivity index (χ2v) is 11.6. The number of ketones is 1. The summed E-state index contributed by atoms with van der Waals surface area (Å²) >= 11 is 1.48. The van der Waals surface area contributed by atoms with Gasteiger partial charge in [-0.05, 0) is 56.0 Å². The Hall–Kier alpha value is -2.75. The number of likely N-dealkylation sites (N-methyl/N-ethyl adjacent to an activating group) is 1. The molecular weight excluding hydrogens is 474 g/mol. The lowest BCUT2D eigenvalue weighted by atomic mass is 9.84. The Morgan fingerprint density at radius 3 is 2.56 bits per heavy atom. The van der Waals surface area contributed by atoms with E-state index in [9.17, 15) is 14.4 Å². The van der Waals surface area contributed by atoms with Crippen molar-refractivity contribution in [3.8, 4) is 0 Å². The topological polar surface area (TPSA) is 103 Å². The molecule has 4 N–H and O–H groups in total. The maximum absolute atomic E-state index is 14.0. The van der Waals surface area contributed by atoms with Gasteiger partial charge in [-0.2, -0.15) is 0 Å². The number of carbonyl (C=O) groups is 3. The fourth-order valence-corrected chi connectivity index (χ4v) is 5.61. The maximum Gasteiger partial charge on any atom is 0.324 e. The average Bonchev–Trinajstić information content (AvgIpc) is 3.03. The molecule has 3 rings (SSSR count). The minimum atomic E-state index is -0.325. The van der Waals surface area contributed by atoms with Gasteiger partial charge in [0.25, 0.3) is 0 Å². The number of Topliss-reactive ketones (excluding diaryl/α,β-unsaturated/α-hetero) is 1. The minimum Gasteiger partial charge on any atom is -0.309 e. The Morgan fingerprint density at radius 2 is 1.89 bits per heavy atom. The number of hydrazine groups is 1. The molecule has 1 saturated heterocycles. The molecule has 0 bridgehead atoms. The average molecular weight is 514 g/mol. The summed E-state index contributed by atoms with van der Waals surface area (Å²) in [5, 5.41) is 6.74. The molecule has 9 heteroatoms. The first-order valence-electron chi connectivity index (χ1n) is 12.5. The van der Waals surface area contributed by atoms with Gasteiger partial charge in [0.1, 0.15) is 5.00 Å². The van der Waals surface area contributed by atoms with Crippen molar-refractivity contribution in [3.63, 3.8) is 0 Å². The van der Waals surface area contributed by atoms with E-state index in [-0.39, 0.29) is 29.1 Å². The van der Waals surface area contributed by atoms with Gasteiger partial charge < -0.3 is 10.2 Å². The van der Waals surface area contributed by atoms with Crippen molar-refractivity contribution in [1.29, 1.82) is 0 Å². The number of aryl methyl sites for hydroxylation is 1. The Balaban J connectivity index is 2.00. The van der Waals surface area contributed by atoms with Crippen LogP contribution in [0.3, 0.4) is 0 Å². The zero-order chi connectivity index (χ0) is 26.5. The molecule has 2 aromatic rings. The van der Waals surface area contributed by atoms with Crippen LogP contribution < -0.4 is 21.5 Å². The third kappa shape index (κ3) is 6.93. The number of rotatable bonds is 8. The summed E-state index contributed by atoms with van der Waals surface area (Å²) < 4.78 is 0. The van der Waals surface area contributed by atoms with Crippen LogP contribution in [0.1, 0.15) is 66.9 Å². The first kappa shape index (κ1) is 27.8. The number of carbonyl (C=O) groups excluding carboxylic acids is 3. The highest BCUT2D eigenvalue weighted by Crippen LogP contribution is 2.42. The van der Waals surface area contributed by atoms with E-state index < -0.39 is 0 Å². The van der Waals surface area contributed by atoms with Crippen molar-refractivity contribution < 1.29 is 14.4 Å². The van der Waals surface area contributed by atoms with E-state index >= 15 is 0 Å². The van der Waals surface area contributed by atoms with E-state index in [1.165, 1.54) is 11.3 Å². The summed E-state index contributed by atoms with van der Waals surface area (Å²) in [5.41, 5.74) is 8.63. The number of benzene rings is 1. The van der Waals surface area contributed by atoms with Crippen LogP contribution in [0.5, 0.6) is 0 Å². The molecule has 1 unspecified atom stereocenters. The van der Waals surface area contributed by atoms with Crippen LogP contribution in [0.25, 0.3) is 0 Å². The number of nitrogens with one attached hydrogen (secondary N) is 4. The molecule has 1 fully saturated rings. The lowest BCUT2D eigenvalue weighted by Gasteiger charge is -2.22. The normalized spacial score (nSPS) is 16.4. The van der Waals surface area contributed by atoms with Gasteiger partial charge in [-0.25, -0.2) is 10.2 Å². The van der Waals surface area contributed by atoms with E-state index in [1.807, 2.05) is 38.4 Å². The molecule has 1 aliphatic heterocycles. The van der Waals surface area contributed by atoms with Crippen LogP contribution in [-0.2, 0) is 23.1 Å². The molecule has 1 aromatic heterocycles. The second-order valence-electron chi connectivity index (χ2n) is 10.5. The predicted octanol–water partition coefficient (Wildman–Crippen LogP) is 4.57. The summed E-state index contributed by atoms with van der Waals surface area (Å²) in [6.07, 6.45) is 2.22. The van der Waals surface area contributed by atoms with Gasteiger partial charge in [0.15, 0.2) is 5.78 Å². The second kappa shape index (κ2) is 12.0. The van der Waals surface area contributed by atoms with Crippen molar-refractivity contribution in [2.75, 3.05) is 37.8 Å². The minimum absolute atomic E-state index is 0.0266. The van der Waals surface area contributed by atoms with Gasteiger partial charge in [-0.1, -0.05) is 45.9 Å². The molecule has 0 spiro atoms. The summed E-state index contributed by atoms with van der Waals surface area (Å²) in [5.74, 6) is -0.402. The number of para-hydroxylation sites is 1. The van der Waals surface area contributed by atoms with Crippen LogP contribution in [0, 0.1) is 5.92 Å². The largest absolute Gasteiger partial charge is 0.324 e. The van der Waals surface area contributed by atoms with E-state index in [0.29, 0.717) is 36.4 Å². The van der Waals surface area contributed by atoms with Gasteiger partial charge in [0.05, 0.1) is 0 Å². The molecule has 196 valence electrons. The van der Waals surface area contributed by atoms with Crippen molar-refractivity contribution in [2.24, 2.45) is 5.92 Å². The summed E-state index contributed by atoms with van der Waals surface area (Å²) in [4.78, 5) is 41.9. The number of hydrogen-bond acceptors (Lipinski definition) is 6. The Morgan fingerprint density at radius 1 is 1.17 bits per heavy atom. The first-order valence-corrected chi connectivity index (χ1v) is 13.4. The third-order valence-electron chi connectivity index (χ3n) is 6.28. The molecule has 3 amide bonds. The Labute approximate surface area is 218 Å². The van der Waals surface area contributed by atoms with Gasteiger partial charge in [0, 0.05) is 41.6 Å². The smallest absolute Gasteiger partial charge is 0.309 e. The Bertz CT molecular complexity index is 1100. The van der Waals surface area contributed by atoms with E-state index in [4.69, 9.17) is 0 Å². The van der Waals surface area contributed by atoms with E-state index in [1.54, 1.807) is 0 Å². The number of nitrogens with zero attached hydrogens (tertiary/aromatic N) is 1. The fourth-order valence-electron chi connectivity index (χ4n) is 4.31. The molecule has 1 aromatic carbocycles. The first-order chi connectivity index (χ1) is 17.0. The van der Waals surface area contributed by atoms with Crippen LogP contribution in [0.15, 0.2) is 24.3 Å². The highest BCUT2D eigenvalue weighted by Gasteiger charge is 2.34. The summed E-state index contributed by atoms with van der Waals surface area (Å²) in [7, 11) is 3.99. The van der Waals surface area contributed by atoms with Crippen LogP contribution in [0.2, 0.25) is 0 Å². The molecule has 2 heterocycles. The third-order valence-corrected chi connectivity index (χ3v) is 7.86. The monoisotopic (exact) mass is 513 g/mol. The molecule has 36 heavy (non-hydrogen) atoms. The van der Waals surface area contributed by atoms with Crippen molar-refractivity contribution in [2.45, 2.75) is 58.8 Å². The summed E-state index contributed by atoms with van der Waals surface area (Å²) in [6, 6.07) is 7.42. The highest BCUT2D eigenvalue weighted by molar-refractivity contribution is 7.17. The Kier molecular flexibility index (Phi) is 9.27. The molecular formula is C27H39N5O3S. The van der Waals surface area contributed by atoms with Gasteiger partial charge >= 0.3 is 6.03 Å². The van der Waals surface area contributed by atoms with Crippen LogP contribution in [0.4, 0.5) is 15.5 Å². The lowest BCUT2D eigenvalue weighted by Crippen LogP contribution is -2.38. The summed E-state index contributed by atoms with van der Waals surface area (Å²) in [6.45, 7) is 9.43. The molecule has 0 aliphatic carbocycles. The quantitative estimate of drug-likeness (QED) is 0.387. The SMILES string of the molecule is CCc1ccccc1NC(=O)Nc1sc(C(C)(C)C)c(C(=O)C2CCC(=O)NNC2)c1CCN(C)C. The van der Waals surface area contributed by atoms with Gasteiger partial charge in [-0.15, -0.1) is 11.3 Å². The molecule has 8 nitrogen and oxygen atoms in total. The number of hydrogen-bond donors (Lipinski definition) is 4. The van der Waals surface area contributed by atoms with Crippen molar-refractivity contribution in [3.05, 3.63) is 45.8 Å². The molecule has 1 atom stereocenters. The standard InChI is InChI=1S/C27H39N5O3S/c1-7-17-10-8-9-11-20(17)29-26(35)30-25-19(14-15-32(5)6)22(24(36-25)27(2,3)4)23(34)18-12-13-21(33)31-28-16-18/h8-11,18,28H,7,12-16H2,1-6H3,(H,31,33)(H2,29,30,35). The zero-order valence-electron chi connectivity index (χ0n) is 22.2. The number of amides is 3. The number of urea groups is 1. The zero-order valence-corrected chi connectivity index (χ0v) is 23.0. The van der Waals surface area contributed by atoms with Crippen molar-refractivity contribution >= 4 is 39.7 Å². The van der Waals surface area contributed by atoms with E-state index in [2.05, 4.69) is 54.1 Å². The highest BCUT2D eigenvalue weighted by atomic mass is 32.1. The van der Waals surface area contributed by atoms with E-state index in [0.717, 1.165) is 34.7 Å². The fraction of sp³-hybridized carbons (Fsp3) is 0.519. The predicted molar refractivity (Wildman–Crippen MR) is 147 cm³/mol. The number of anilines is 2. The van der Waals surface area contributed by atoms with Crippen LogP contribution in [-0.4, -0.2) is 49.8 Å². The number of thiophene rings is 1. The molecule has 1 aliphatic rings. The maximum atomic E-state index is 14.0. The van der Waals surface area contributed by atoms with Gasteiger partial charge in [0.2, 0.25) is 5.91 Å². The lowest BCUT2D eigenvalue weighted by molar-refractivity contribution is -0.121. The molecule has 0 saturated carbocycles. The van der Waals surface area contributed by atoms with Crippen molar-refractivity contribution in [1.82, 2.24) is 15.8 Å².